The molecule has 4 rings (SSSR count). The number of rotatable bonds is 5. The summed E-state index contributed by atoms with van der Waals surface area (Å²) in [6.07, 6.45) is 6.03. The second-order valence-corrected chi connectivity index (χ2v) is 7.64. The number of benzene rings is 1. The van der Waals surface area contributed by atoms with E-state index >= 15 is 0 Å². The van der Waals surface area contributed by atoms with Crippen molar-refractivity contribution in [3.05, 3.63) is 47.9 Å². The summed E-state index contributed by atoms with van der Waals surface area (Å²) < 4.78 is 1.86. The molecule has 1 fully saturated rings. The lowest BCUT2D eigenvalue weighted by atomic mass is 10.0. The summed E-state index contributed by atoms with van der Waals surface area (Å²) in [7, 11) is 6.30. The first-order valence-corrected chi connectivity index (χ1v) is 9.76. The van der Waals surface area contributed by atoms with Crippen LogP contribution in [0.4, 0.5) is 5.82 Å². The third kappa shape index (κ3) is 3.81. The van der Waals surface area contributed by atoms with Gasteiger partial charge in [0.05, 0.1) is 11.6 Å². The smallest absolute Gasteiger partial charge is 0.163 e. The Hall–Kier alpha value is -2.47. The number of hydrogen-bond donors (Lipinski definition) is 0. The van der Waals surface area contributed by atoms with E-state index in [-0.39, 0.29) is 0 Å². The van der Waals surface area contributed by atoms with Gasteiger partial charge in [-0.25, -0.2) is 9.97 Å². The normalized spacial score (nSPS) is 15.8. The Kier molecular flexibility index (Phi) is 5.07. The van der Waals surface area contributed by atoms with Gasteiger partial charge >= 0.3 is 0 Å². The summed E-state index contributed by atoms with van der Waals surface area (Å²) in [6.45, 7) is 2.06. The average molecular weight is 364 g/mol. The van der Waals surface area contributed by atoms with Gasteiger partial charge < -0.3 is 9.80 Å². The van der Waals surface area contributed by atoms with Crippen molar-refractivity contribution in [2.24, 2.45) is 7.05 Å². The molecular formula is C21H28N6. The van der Waals surface area contributed by atoms with Crippen LogP contribution in [0.25, 0.3) is 11.0 Å². The largest absolute Gasteiger partial charge is 0.356 e. The van der Waals surface area contributed by atoms with Crippen LogP contribution in [0, 0.1) is 0 Å². The summed E-state index contributed by atoms with van der Waals surface area (Å²) in [5.74, 6) is 1.95. The molecule has 0 aliphatic carbocycles. The van der Waals surface area contributed by atoms with E-state index in [1.807, 2.05) is 17.9 Å². The second kappa shape index (κ2) is 7.64. The number of anilines is 1. The highest BCUT2D eigenvalue weighted by Crippen LogP contribution is 2.27. The predicted molar refractivity (Wildman–Crippen MR) is 109 cm³/mol. The van der Waals surface area contributed by atoms with Crippen molar-refractivity contribution >= 4 is 16.9 Å². The Morgan fingerprint density at radius 3 is 2.48 bits per heavy atom. The van der Waals surface area contributed by atoms with Gasteiger partial charge in [0.15, 0.2) is 5.65 Å². The van der Waals surface area contributed by atoms with Crippen LogP contribution in [0.2, 0.25) is 0 Å². The van der Waals surface area contributed by atoms with Crippen molar-refractivity contribution < 1.29 is 0 Å². The van der Waals surface area contributed by atoms with E-state index in [2.05, 4.69) is 59.3 Å². The van der Waals surface area contributed by atoms with Crippen molar-refractivity contribution in [1.29, 1.82) is 0 Å². The molecule has 1 saturated heterocycles. The fourth-order valence-corrected chi connectivity index (χ4v) is 3.90. The van der Waals surface area contributed by atoms with Crippen LogP contribution in [-0.2, 0) is 19.9 Å². The molecule has 1 aromatic carbocycles. The third-order valence-corrected chi connectivity index (χ3v) is 5.59. The lowest BCUT2D eigenvalue weighted by molar-refractivity contribution is 0.249. The van der Waals surface area contributed by atoms with E-state index < -0.39 is 0 Å². The average Bonchev–Trinajstić information content (AvgIpc) is 3.07. The highest BCUT2D eigenvalue weighted by atomic mass is 15.3. The minimum absolute atomic E-state index is 0.657. The maximum absolute atomic E-state index is 4.97. The van der Waals surface area contributed by atoms with E-state index in [1.165, 1.54) is 5.56 Å². The SMILES string of the molecule is CN(C)C1CCN(c2nc(CCc3ccccc3)nc3c2cnn3C)CC1. The molecule has 2 aromatic heterocycles. The Morgan fingerprint density at radius 2 is 1.78 bits per heavy atom. The highest BCUT2D eigenvalue weighted by molar-refractivity contribution is 5.87. The molecule has 142 valence electrons. The molecule has 6 nitrogen and oxygen atoms in total. The zero-order valence-corrected chi connectivity index (χ0v) is 16.5. The van der Waals surface area contributed by atoms with Crippen molar-refractivity contribution in [3.63, 3.8) is 0 Å². The van der Waals surface area contributed by atoms with Crippen molar-refractivity contribution in [2.45, 2.75) is 31.7 Å². The first-order chi connectivity index (χ1) is 13.1. The second-order valence-electron chi connectivity index (χ2n) is 7.64. The number of hydrogen-bond acceptors (Lipinski definition) is 5. The Bertz CT molecular complexity index is 894. The van der Waals surface area contributed by atoms with Gasteiger partial charge in [-0.15, -0.1) is 0 Å². The van der Waals surface area contributed by atoms with Crippen LogP contribution >= 0.6 is 0 Å². The van der Waals surface area contributed by atoms with Gasteiger partial charge in [0.1, 0.15) is 11.6 Å². The van der Waals surface area contributed by atoms with Crippen LogP contribution in [0.1, 0.15) is 24.2 Å². The third-order valence-electron chi connectivity index (χ3n) is 5.59. The molecule has 0 saturated carbocycles. The molecule has 0 radical (unpaired) electrons. The number of fused-ring (bicyclic) bond motifs is 1. The lowest BCUT2D eigenvalue weighted by Crippen LogP contribution is -2.42. The van der Waals surface area contributed by atoms with E-state index in [1.54, 1.807) is 0 Å². The molecule has 3 heterocycles. The van der Waals surface area contributed by atoms with Crippen LogP contribution in [0.5, 0.6) is 0 Å². The molecular weight excluding hydrogens is 336 g/mol. The standard InChI is InChI=1S/C21H28N6/c1-25(2)17-11-13-27(14-12-17)21-18-15-22-26(3)20(18)23-19(24-21)10-9-16-7-5-4-6-8-16/h4-8,15,17H,9-14H2,1-3H3. The maximum atomic E-state index is 4.97. The Balaban J connectivity index is 1.60. The molecule has 0 atom stereocenters. The minimum atomic E-state index is 0.657. The molecule has 6 heteroatoms. The quantitative estimate of drug-likeness (QED) is 0.697. The van der Waals surface area contributed by atoms with E-state index in [4.69, 9.17) is 9.97 Å². The number of aromatic nitrogens is 4. The van der Waals surface area contributed by atoms with Gasteiger partial charge in [-0.05, 0) is 38.9 Å². The molecule has 0 amide bonds. The van der Waals surface area contributed by atoms with Crippen LogP contribution < -0.4 is 4.90 Å². The molecule has 0 bridgehead atoms. The molecule has 0 spiro atoms. The summed E-state index contributed by atoms with van der Waals surface area (Å²) in [5, 5.41) is 5.49. The van der Waals surface area contributed by atoms with Crippen LogP contribution in [0.3, 0.4) is 0 Å². The molecule has 1 aliphatic heterocycles. The van der Waals surface area contributed by atoms with E-state index in [0.29, 0.717) is 6.04 Å². The number of piperidine rings is 1. The highest BCUT2D eigenvalue weighted by Gasteiger charge is 2.24. The maximum Gasteiger partial charge on any atom is 0.163 e. The van der Waals surface area contributed by atoms with Crippen LogP contribution in [0.15, 0.2) is 36.5 Å². The predicted octanol–water partition coefficient (Wildman–Crippen LogP) is 2.68. The topological polar surface area (TPSA) is 50.1 Å². The van der Waals surface area contributed by atoms with Crippen molar-refractivity contribution in [2.75, 3.05) is 32.1 Å². The number of aryl methyl sites for hydroxylation is 3. The summed E-state index contributed by atoms with van der Waals surface area (Å²) in [6, 6.07) is 11.2. The Morgan fingerprint density at radius 1 is 1.04 bits per heavy atom. The molecule has 1 aliphatic rings. The lowest BCUT2D eigenvalue weighted by Gasteiger charge is -2.36. The number of nitrogens with zero attached hydrogens (tertiary/aromatic N) is 6. The fraction of sp³-hybridized carbons (Fsp3) is 0.476. The molecule has 0 unspecified atom stereocenters. The summed E-state index contributed by atoms with van der Waals surface area (Å²) in [4.78, 5) is 14.5. The molecule has 3 aromatic rings. The first kappa shape index (κ1) is 17.9. The molecule has 0 N–H and O–H groups in total. The van der Waals surface area contributed by atoms with Crippen molar-refractivity contribution in [1.82, 2.24) is 24.6 Å². The zero-order chi connectivity index (χ0) is 18.8. The summed E-state index contributed by atoms with van der Waals surface area (Å²) >= 11 is 0. The van der Waals surface area contributed by atoms with Crippen LogP contribution in [-0.4, -0.2) is 57.9 Å². The van der Waals surface area contributed by atoms with Gasteiger partial charge in [-0.2, -0.15) is 5.10 Å². The van der Waals surface area contributed by atoms with Gasteiger partial charge in [0.25, 0.3) is 0 Å². The first-order valence-electron chi connectivity index (χ1n) is 9.76. The zero-order valence-electron chi connectivity index (χ0n) is 16.5. The summed E-state index contributed by atoms with van der Waals surface area (Å²) in [5.41, 5.74) is 2.25. The monoisotopic (exact) mass is 364 g/mol. The Labute approximate surface area is 160 Å². The van der Waals surface area contributed by atoms with Gasteiger partial charge in [-0.3, -0.25) is 4.68 Å². The van der Waals surface area contributed by atoms with Gasteiger partial charge in [0, 0.05) is 32.6 Å². The van der Waals surface area contributed by atoms with Gasteiger partial charge in [-0.1, -0.05) is 30.3 Å². The molecule has 27 heavy (non-hydrogen) atoms. The fourth-order valence-electron chi connectivity index (χ4n) is 3.90. The van der Waals surface area contributed by atoms with Gasteiger partial charge in [0.2, 0.25) is 0 Å². The van der Waals surface area contributed by atoms with E-state index in [9.17, 15) is 0 Å². The van der Waals surface area contributed by atoms with E-state index in [0.717, 1.165) is 61.4 Å². The van der Waals surface area contributed by atoms with Crippen molar-refractivity contribution in [3.8, 4) is 0 Å². The minimum Gasteiger partial charge on any atom is -0.356 e.